The van der Waals surface area contributed by atoms with E-state index in [4.69, 9.17) is 11.6 Å². The standard InChI is InChI=1S/C9H7BrClN3/c10-6-5-7(4-1-2-4)12-3-13-9(5)14-8(6)11/h3-4H,1-2H2,(H,12,13,14). The number of nitrogens with one attached hydrogen (secondary N) is 1. The highest BCUT2D eigenvalue weighted by atomic mass is 79.9. The molecule has 1 aliphatic carbocycles. The lowest BCUT2D eigenvalue weighted by Gasteiger charge is -1.98. The highest BCUT2D eigenvalue weighted by Gasteiger charge is 2.28. The average Bonchev–Trinajstić information content (AvgIpc) is 2.96. The predicted octanol–water partition coefficient (Wildman–Crippen LogP) is 3.25. The van der Waals surface area contributed by atoms with Crippen LogP contribution < -0.4 is 0 Å². The molecule has 2 aromatic rings. The van der Waals surface area contributed by atoms with E-state index in [0.29, 0.717) is 11.1 Å². The summed E-state index contributed by atoms with van der Waals surface area (Å²) in [5.74, 6) is 0.601. The van der Waals surface area contributed by atoms with E-state index in [9.17, 15) is 0 Å². The molecule has 0 spiro atoms. The molecule has 0 aliphatic heterocycles. The van der Waals surface area contributed by atoms with Gasteiger partial charge in [0, 0.05) is 5.92 Å². The second-order valence-corrected chi connectivity index (χ2v) is 4.68. The van der Waals surface area contributed by atoms with Crippen LogP contribution in [0.4, 0.5) is 0 Å². The summed E-state index contributed by atoms with van der Waals surface area (Å²) < 4.78 is 0.886. The molecule has 5 heteroatoms. The van der Waals surface area contributed by atoms with Crippen LogP contribution in [0.15, 0.2) is 10.8 Å². The first-order valence-electron chi connectivity index (χ1n) is 4.45. The lowest BCUT2D eigenvalue weighted by molar-refractivity contribution is 1.02. The van der Waals surface area contributed by atoms with Gasteiger partial charge in [-0.15, -0.1) is 0 Å². The zero-order valence-corrected chi connectivity index (χ0v) is 9.56. The number of nitrogens with zero attached hydrogens (tertiary/aromatic N) is 2. The Balaban J connectivity index is 2.37. The SMILES string of the molecule is Clc1[nH]c2ncnc(C3CC3)c2c1Br. The number of fused-ring (bicyclic) bond motifs is 1. The topological polar surface area (TPSA) is 41.6 Å². The van der Waals surface area contributed by atoms with Gasteiger partial charge in [-0.1, -0.05) is 11.6 Å². The molecule has 1 saturated carbocycles. The monoisotopic (exact) mass is 271 g/mol. The Kier molecular flexibility index (Phi) is 1.82. The number of hydrogen-bond donors (Lipinski definition) is 1. The molecule has 2 heterocycles. The molecule has 3 nitrogen and oxygen atoms in total. The minimum atomic E-state index is 0.599. The highest BCUT2D eigenvalue weighted by Crippen LogP contribution is 2.44. The number of aromatic nitrogens is 3. The first-order valence-corrected chi connectivity index (χ1v) is 5.62. The Bertz CT molecular complexity index is 504. The van der Waals surface area contributed by atoms with Crippen LogP contribution in [-0.4, -0.2) is 15.0 Å². The van der Waals surface area contributed by atoms with Gasteiger partial charge in [0.1, 0.15) is 17.1 Å². The van der Waals surface area contributed by atoms with E-state index in [1.807, 2.05) is 0 Å². The minimum Gasteiger partial charge on any atom is -0.329 e. The van der Waals surface area contributed by atoms with Gasteiger partial charge >= 0.3 is 0 Å². The van der Waals surface area contributed by atoms with Gasteiger partial charge in [0.25, 0.3) is 0 Å². The van der Waals surface area contributed by atoms with Crippen LogP contribution in [0.3, 0.4) is 0 Å². The Hall–Kier alpha value is -0.610. The number of H-pyrrole nitrogens is 1. The van der Waals surface area contributed by atoms with Gasteiger partial charge < -0.3 is 4.98 Å². The fourth-order valence-electron chi connectivity index (χ4n) is 1.65. The molecule has 1 aliphatic rings. The minimum absolute atomic E-state index is 0.599. The highest BCUT2D eigenvalue weighted by molar-refractivity contribution is 9.10. The van der Waals surface area contributed by atoms with Crippen LogP contribution in [0.25, 0.3) is 11.0 Å². The van der Waals surface area contributed by atoms with E-state index in [1.165, 1.54) is 12.8 Å². The van der Waals surface area contributed by atoms with Gasteiger partial charge in [0.2, 0.25) is 0 Å². The third kappa shape index (κ3) is 1.17. The summed E-state index contributed by atoms with van der Waals surface area (Å²) in [5, 5.41) is 1.64. The first-order chi connectivity index (χ1) is 6.77. The second kappa shape index (κ2) is 2.94. The van der Waals surface area contributed by atoms with Crippen molar-refractivity contribution in [3.8, 4) is 0 Å². The smallest absolute Gasteiger partial charge is 0.143 e. The molecule has 2 aromatic heterocycles. The molecule has 3 rings (SSSR count). The van der Waals surface area contributed by atoms with Crippen LogP contribution in [0.5, 0.6) is 0 Å². The van der Waals surface area contributed by atoms with Crippen LogP contribution in [-0.2, 0) is 0 Å². The van der Waals surface area contributed by atoms with Crippen LogP contribution in [0, 0.1) is 0 Å². The summed E-state index contributed by atoms with van der Waals surface area (Å²) in [4.78, 5) is 11.5. The Morgan fingerprint density at radius 3 is 2.93 bits per heavy atom. The molecule has 0 atom stereocenters. The summed E-state index contributed by atoms with van der Waals surface area (Å²) in [6.07, 6.45) is 4.04. The summed E-state index contributed by atoms with van der Waals surface area (Å²) >= 11 is 9.43. The van der Waals surface area contributed by atoms with Crippen LogP contribution >= 0.6 is 27.5 Å². The molecule has 0 saturated heterocycles. The van der Waals surface area contributed by atoms with Gasteiger partial charge in [-0.25, -0.2) is 9.97 Å². The largest absolute Gasteiger partial charge is 0.329 e. The lowest BCUT2D eigenvalue weighted by Crippen LogP contribution is -1.89. The first kappa shape index (κ1) is 8.68. The van der Waals surface area contributed by atoms with Crippen molar-refractivity contribution in [3.05, 3.63) is 21.6 Å². The van der Waals surface area contributed by atoms with Crippen molar-refractivity contribution in [3.63, 3.8) is 0 Å². The molecule has 72 valence electrons. The van der Waals surface area contributed by atoms with Crippen molar-refractivity contribution in [2.24, 2.45) is 0 Å². The molecule has 14 heavy (non-hydrogen) atoms. The number of hydrogen-bond acceptors (Lipinski definition) is 2. The summed E-state index contributed by atoms with van der Waals surface area (Å²) in [6.45, 7) is 0. The van der Waals surface area contributed by atoms with E-state index < -0.39 is 0 Å². The maximum atomic E-state index is 5.98. The van der Waals surface area contributed by atoms with Crippen LogP contribution in [0.1, 0.15) is 24.5 Å². The van der Waals surface area contributed by atoms with Gasteiger partial charge in [-0.3, -0.25) is 0 Å². The molecular weight excluding hydrogens is 265 g/mol. The number of halogens is 2. The van der Waals surface area contributed by atoms with Crippen molar-refractivity contribution >= 4 is 38.6 Å². The maximum absolute atomic E-state index is 5.98. The molecule has 0 radical (unpaired) electrons. The van der Waals surface area contributed by atoms with Crippen LogP contribution in [0.2, 0.25) is 5.15 Å². The summed E-state index contributed by atoms with van der Waals surface area (Å²) in [5.41, 5.74) is 1.93. The van der Waals surface area contributed by atoms with Crippen molar-refractivity contribution in [2.45, 2.75) is 18.8 Å². The molecule has 0 unspecified atom stereocenters. The Morgan fingerprint density at radius 1 is 1.43 bits per heavy atom. The van der Waals surface area contributed by atoms with E-state index in [1.54, 1.807) is 6.33 Å². The molecule has 1 N–H and O–H groups in total. The molecular formula is C9H7BrClN3. The predicted molar refractivity (Wildman–Crippen MR) is 58.6 cm³/mol. The Labute approximate surface area is 94.0 Å². The molecule has 0 amide bonds. The van der Waals surface area contributed by atoms with Gasteiger partial charge in [-0.2, -0.15) is 0 Å². The fraction of sp³-hybridized carbons (Fsp3) is 0.333. The quantitative estimate of drug-likeness (QED) is 0.866. The van der Waals surface area contributed by atoms with Crippen molar-refractivity contribution in [1.29, 1.82) is 0 Å². The van der Waals surface area contributed by atoms with Gasteiger partial charge in [0.05, 0.1) is 15.6 Å². The van der Waals surface area contributed by atoms with E-state index >= 15 is 0 Å². The lowest BCUT2D eigenvalue weighted by atomic mass is 10.2. The fourth-order valence-corrected chi connectivity index (χ4v) is 2.32. The number of aromatic amines is 1. The van der Waals surface area contributed by atoms with Crippen molar-refractivity contribution < 1.29 is 0 Å². The number of rotatable bonds is 1. The molecule has 1 fully saturated rings. The van der Waals surface area contributed by atoms with E-state index in [2.05, 4.69) is 30.9 Å². The maximum Gasteiger partial charge on any atom is 0.143 e. The molecule has 0 aromatic carbocycles. The third-order valence-corrected chi connectivity index (χ3v) is 3.79. The van der Waals surface area contributed by atoms with Gasteiger partial charge in [0.15, 0.2) is 0 Å². The molecule has 0 bridgehead atoms. The van der Waals surface area contributed by atoms with E-state index in [-0.39, 0.29) is 0 Å². The van der Waals surface area contributed by atoms with Crippen molar-refractivity contribution in [2.75, 3.05) is 0 Å². The zero-order chi connectivity index (χ0) is 9.71. The second-order valence-electron chi connectivity index (χ2n) is 3.51. The summed E-state index contributed by atoms with van der Waals surface area (Å²) in [7, 11) is 0. The average molecular weight is 273 g/mol. The van der Waals surface area contributed by atoms with Crippen molar-refractivity contribution in [1.82, 2.24) is 15.0 Å². The normalized spacial score (nSPS) is 16.4. The summed E-state index contributed by atoms with van der Waals surface area (Å²) in [6, 6.07) is 0. The zero-order valence-electron chi connectivity index (χ0n) is 7.22. The van der Waals surface area contributed by atoms with E-state index in [0.717, 1.165) is 21.2 Å². The van der Waals surface area contributed by atoms with Gasteiger partial charge in [-0.05, 0) is 28.8 Å². The Morgan fingerprint density at radius 2 is 2.21 bits per heavy atom. The third-order valence-electron chi connectivity index (χ3n) is 2.48.